The van der Waals surface area contributed by atoms with E-state index in [1.807, 2.05) is 7.11 Å². The summed E-state index contributed by atoms with van der Waals surface area (Å²) in [5, 5.41) is 0. The average Bonchev–Trinajstić information content (AvgIpc) is 2.72. The Hall–Kier alpha value is -0.120. The van der Waals surface area contributed by atoms with Gasteiger partial charge in [0.05, 0.1) is 6.10 Å². The minimum atomic E-state index is 0.407. The molecule has 0 bridgehead atoms. The first kappa shape index (κ1) is 14.9. The third-order valence-electron chi connectivity index (χ3n) is 4.20. The number of nitrogens with two attached hydrogens (primary N) is 1. The maximum absolute atomic E-state index is 6.03. The molecule has 0 radical (unpaired) electrons. The summed E-state index contributed by atoms with van der Waals surface area (Å²) in [6, 6.07) is 0.509. The highest BCUT2D eigenvalue weighted by Gasteiger charge is 2.34. The maximum atomic E-state index is 6.03. The largest absolute Gasteiger partial charge is 0.380 e. The van der Waals surface area contributed by atoms with E-state index in [-0.39, 0.29) is 0 Å². The van der Waals surface area contributed by atoms with Crippen molar-refractivity contribution in [1.29, 1.82) is 0 Å². The van der Waals surface area contributed by atoms with E-state index in [1.54, 1.807) is 0 Å². The lowest BCUT2D eigenvalue weighted by atomic mass is 9.79. The molecule has 1 saturated heterocycles. The molecule has 1 aliphatic heterocycles. The second-order valence-electron chi connectivity index (χ2n) is 6.01. The molecule has 0 spiro atoms. The SMILES string of the molecule is COC1CCN(C(CN)C(C(C)C)C(C)C)C1. The standard InChI is InChI=1S/C14H30N2O/c1-10(2)14(11(3)4)13(8-15)16-7-6-12(9-16)17-5/h10-14H,6-9,15H2,1-5H3. The maximum Gasteiger partial charge on any atom is 0.0710 e. The van der Waals surface area contributed by atoms with Gasteiger partial charge in [-0.3, -0.25) is 4.90 Å². The van der Waals surface area contributed by atoms with Gasteiger partial charge in [0.1, 0.15) is 0 Å². The van der Waals surface area contributed by atoms with Crippen LogP contribution in [0.2, 0.25) is 0 Å². The van der Waals surface area contributed by atoms with E-state index in [4.69, 9.17) is 10.5 Å². The number of rotatable bonds is 6. The van der Waals surface area contributed by atoms with Crippen molar-refractivity contribution in [1.82, 2.24) is 4.90 Å². The van der Waals surface area contributed by atoms with Gasteiger partial charge in [-0.2, -0.15) is 0 Å². The molecule has 0 aromatic carbocycles. The molecule has 0 aromatic rings. The normalized spacial score (nSPS) is 24.2. The first-order valence-electron chi connectivity index (χ1n) is 6.98. The molecule has 3 heteroatoms. The van der Waals surface area contributed by atoms with Crippen LogP contribution in [0.3, 0.4) is 0 Å². The number of hydrogen-bond donors (Lipinski definition) is 1. The fraction of sp³-hybridized carbons (Fsp3) is 1.00. The molecule has 17 heavy (non-hydrogen) atoms. The molecule has 2 atom stereocenters. The van der Waals surface area contributed by atoms with Gasteiger partial charge in [0.15, 0.2) is 0 Å². The minimum absolute atomic E-state index is 0.407. The summed E-state index contributed by atoms with van der Waals surface area (Å²) in [6.07, 6.45) is 1.56. The molecule has 1 rings (SSSR count). The van der Waals surface area contributed by atoms with E-state index in [0.29, 0.717) is 29.9 Å². The Morgan fingerprint density at radius 2 is 1.82 bits per heavy atom. The van der Waals surface area contributed by atoms with Crippen molar-refractivity contribution in [2.24, 2.45) is 23.5 Å². The van der Waals surface area contributed by atoms with Crippen molar-refractivity contribution >= 4 is 0 Å². The van der Waals surface area contributed by atoms with E-state index >= 15 is 0 Å². The average molecular weight is 242 g/mol. The third kappa shape index (κ3) is 3.67. The molecule has 2 N–H and O–H groups in total. The van der Waals surface area contributed by atoms with Crippen molar-refractivity contribution in [3.63, 3.8) is 0 Å². The summed E-state index contributed by atoms with van der Waals surface area (Å²) in [6.45, 7) is 12.2. The van der Waals surface area contributed by atoms with Crippen molar-refractivity contribution in [3.8, 4) is 0 Å². The van der Waals surface area contributed by atoms with Crippen LogP contribution in [0, 0.1) is 17.8 Å². The van der Waals surface area contributed by atoms with Crippen molar-refractivity contribution in [3.05, 3.63) is 0 Å². The highest BCUT2D eigenvalue weighted by atomic mass is 16.5. The molecular formula is C14H30N2O. The molecule has 1 fully saturated rings. The molecule has 0 saturated carbocycles. The number of nitrogens with zero attached hydrogens (tertiary/aromatic N) is 1. The highest BCUT2D eigenvalue weighted by Crippen LogP contribution is 2.29. The lowest BCUT2D eigenvalue weighted by Crippen LogP contribution is -2.48. The van der Waals surface area contributed by atoms with Gasteiger partial charge in [-0.25, -0.2) is 0 Å². The van der Waals surface area contributed by atoms with Gasteiger partial charge >= 0.3 is 0 Å². The summed E-state index contributed by atoms with van der Waals surface area (Å²) in [7, 11) is 1.81. The van der Waals surface area contributed by atoms with Gasteiger partial charge in [-0.1, -0.05) is 27.7 Å². The number of hydrogen-bond acceptors (Lipinski definition) is 3. The topological polar surface area (TPSA) is 38.5 Å². The second kappa shape index (κ2) is 6.72. The predicted molar refractivity (Wildman–Crippen MR) is 73.0 cm³/mol. The monoisotopic (exact) mass is 242 g/mol. The zero-order valence-corrected chi connectivity index (χ0v) is 12.1. The number of likely N-dealkylation sites (tertiary alicyclic amines) is 1. The van der Waals surface area contributed by atoms with E-state index in [0.717, 1.165) is 26.1 Å². The van der Waals surface area contributed by atoms with E-state index < -0.39 is 0 Å². The van der Waals surface area contributed by atoms with Crippen LogP contribution < -0.4 is 5.73 Å². The van der Waals surface area contributed by atoms with Crippen LogP contribution in [-0.2, 0) is 4.74 Å². The van der Waals surface area contributed by atoms with Crippen LogP contribution in [0.4, 0.5) is 0 Å². The summed E-state index contributed by atoms with van der Waals surface area (Å²) in [5.74, 6) is 2.05. The summed E-state index contributed by atoms with van der Waals surface area (Å²) in [4.78, 5) is 2.54. The molecular weight excluding hydrogens is 212 g/mol. The van der Waals surface area contributed by atoms with Crippen molar-refractivity contribution < 1.29 is 4.74 Å². The second-order valence-corrected chi connectivity index (χ2v) is 6.01. The fourth-order valence-corrected chi connectivity index (χ4v) is 3.46. The number of ether oxygens (including phenoxy) is 1. The summed E-state index contributed by atoms with van der Waals surface area (Å²) < 4.78 is 5.45. The molecule has 0 aliphatic carbocycles. The third-order valence-corrected chi connectivity index (χ3v) is 4.20. The van der Waals surface area contributed by atoms with E-state index in [9.17, 15) is 0 Å². The Morgan fingerprint density at radius 3 is 2.18 bits per heavy atom. The summed E-state index contributed by atoms with van der Waals surface area (Å²) in [5.41, 5.74) is 6.03. The van der Waals surface area contributed by atoms with Crippen LogP contribution in [0.1, 0.15) is 34.1 Å². The van der Waals surface area contributed by atoms with Crippen LogP contribution in [0.15, 0.2) is 0 Å². The molecule has 2 unspecified atom stereocenters. The predicted octanol–water partition coefficient (Wildman–Crippen LogP) is 1.96. The van der Waals surface area contributed by atoms with E-state index in [1.165, 1.54) is 0 Å². The lowest BCUT2D eigenvalue weighted by Gasteiger charge is -2.38. The molecule has 1 aliphatic rings. The van der Waals surface area contributed by atoms with Crippen LogP contribution in [0.5, 0.6) is 0 Å². The smallest absolute Gasteiger partial charge is 0.0710 e. The highest BCUT2D eigenvalue weighted by molar-refractivity contribution is 4.89. The van der Waals surface area contributed by atoms with Gasteiger partial charge in [-0.15, -0.1) is 0 Å². The molecule has 3 nitrogen and oxygen atoms in total. The first-order chi connectivity index (χ1) is 8.01. The van der Waals surface area contributed by atoms with Gasteiger partial charge in [0, 0.05) is 32.8 Å². The van der Waals surface area contributed by atoms with Crippen LogP contribution >= 0.6 is 0 Å². The van der Waals surface area contributed by atoms with Crippen LogP contribution in [-0.4, -0.2) is 43.8 Å². The Balaban J connectivity index is 2.69. The lowest BCUT2D eigenvalue weighted by molar-refractivity contribution is 0.0745. The number of methoxy groups -OCH3 is 1. The van der Waals surface area contributed by atoms with Gasteiger partial charge in [-0.05, 0) is 24.2 Å². The minimum Gasteiger partial charge on any atom is -0.380 e. The fourth-order valence-electron chi connectivity index (χ4n) is 3.46. The Morgan fingerprint density at radius 1 is 1.24 bits per heavy atom. The molecule has 102 valence electrons. The zero-order chi connectivity index (χ0) is 13.0. The van der Waals surface area contributed by atoms with Crippen molar-refractivity contribution in [2.75, 3.05) is 26.7 Å². The van der Waals surface area contributed by atoms with Gasteiger partial charge in [0.2, 0.25) is 0 Å². The van der Waals surface area contributed by atoms with Gasteiger partial charge < -0.3 is 10.5 Å². The van der Waals surface area contributed by atoms with Crippen LogP contribution in [0.25, 0.3) is 0 Å². The first-order valence-corrected chi connectivity index (χ1v) is 6.98. The zero-order valence-electron chi connectivity index (χ0n) is 12.1. The Kier molecular flexibility index (Phi) is 5.90. The van der Waals surface area contributed by atoms with Crippen molar-refractivity contribution in [2.45, 2.75) is 46.3 Å². The quantitative estimate of drug-likeness (QED) is 0.774. The Bertz CT molecular complexity index is 210. The molecule has 0 amide bonds. The van der Waals surface area contributed by atoms with Gasteiger partial charge in [0.25, 0.3) is 0 Å². The molecule has 1 heterocycles. The molecule has 0 aromatic heterocycles. The Labute approximate surface area is 107 Å². The summed E-state index contributed by atoms with van der Waals surface area (Å²) >= 11 is 0. The van der Waals surface area contributed by atoms with E-state index in [2.05, 4.69) is 32.6 Å².